The molecule has 0 N–H and O–H groups in total. The van der Waals surface area contributed by atoms with Gasteiger partial charge in [0.05, 0.1) is 21.3 Å². The fourth-order valence-electron chi connectivity index (χ4n) is 16.6. The Morgan fingerprint density at radius 1 is 0.378 bits per heavy atom. The van der Waals surface area contributed by atoms with Crippen LogP contribution in [0.3, 0.4) is 0 Å². The summed E-state index contributed by atoms with van der Waals surface area (Å²) in [7, 11) is 0. The van der Waals surface area contributed by atoms with Crippen molar-refractivity contribution in [3.63, 3.8) is 0 Å². The fraction of sp³-hybridized carbons (Fsp3) is 0.220. The van der Waals surface area contributed by atoms with Crippen LogP contribution in [0.4, 0.5) is 34.1 Å². The van der Waals surface area contributed by atoms with Crippen LogP contribution in [0.2, 0.25) is 0 Å². The molecule has 14 aromatic rings. The minimum atomic E-state index is -0.255. The molecule has 0 amide bonds. The van der Waals surface area contributed by atoms with Gasteiger partial charge in [0.1, 0.15) is 11.1 Å². The molecule has 10 aromatic carbocycles. The number of benzene rings is 10. The van der Waals surface area contributed by atoms with E-state index in [1.54, 1.807) is 0 Å². The molecule has 4 aliphatic rings. The molecule has 0 fully saturated rings. The monoisotopic (exact) mass is 1180 g/mol. The van der Waals surface area contributed by atoms with Gasteiger partial charge in [-0.3, -0.25) is 0 Å². The SMILES string of the molecule is Cc1cc2c3c(c1)-n1c4c(cccc4c4oc5ccccc5c41)B3c1ccc(C(C)(C)Cc3cccc4c3sc3c5cccc6c5n(c43)-c3cc(C)cc4c3B6c3ccc(C(C)(C)C)cc3N4c3cccc(C(C)(C)C)c3)cc1N2c1cccc(C(C)(C)C)c1. The van der Waals surface area contributed by atoms with E-state index in [0.29, 0.717) is 0 Å². The predicted octanol–water partition coefficient (Wildman–Crippen LogP) is 18.1. The quantitative estimate of drug-likeness (QED) is 0.161. The molecule has 0 unspecified atom stereocenters. The Kier molecular flexibility index (Phi) is 10.9. The van der Waals surface area contributed by atoms with Crippen LogP contribution in [-0.2, 0) is 28.1 Å². The van der Waals surface area contributed by atoms with E-state index >= 15 is 0 Å². The van der Waals surface area contributed by atoms with E-state index in [0.717, 1.165) is 33.9 Å². The maximum absolute atomic E-state index is 6.82. The van der Waals surface area contributed by atoms with Crippen molar-refractivity contribution >= 4 is 156 Å². The zero-order valence-electron chi connectivity index (χ0n) is 53.9. The summed E-state index contributed by atoms with van der Waals surface area (Å²) >= 11 is 2.00. The molecule has 8 heteroatoms. The highest BCUT2D eigenvalue weighted by molar-refractivity contribution is 7.27. The zero-order valence-corrected chi connectivity index (χ0v) is 54.7. The van der Waals surface area contributed by atoms with E-state index in [4.69, 9.17) is 4.42 Å². The van der Waals surface area contributed by atoms with Gasteiger partial charge in [-0.05, 0) is 193 Å². The highest BCUT2D eigenvalue weighted by atomic mass is 32.1. The first kappa shape index (κ1) is 54.0. The Balaban J connectivity index is 0.808. The number of aromatic nitrogens is 2. The minimum absolute atomic E-state index is 0.00485. The predicted molar refractivity (Wildman–Crippen MR) is 388 cm³/mol. The molecule has 0 spiro atoms. The molecule has 90 heavy (non-hydrogen) atoms. The van der Waals surface area contributed by atoms with Gasteiger partial charge in [0.15, 0.2) is 5.58 Å². The summed E-state index contributed by atoms with van der Waals surface area (Å²) in [4.78, 5) is 5.21. The van der Waals surface area contributed by atoms with Crippen molar-refractivity contribution in [2.45, 2.75) is 118 Å². The number of fused-ring (bicyclic) bond motifs is 18. The number of para-hydroxylation sites is 3. The molecule has 18 rings (SSSR count). The maximum atomic E-state index is 6.82. The number of hydrogen-bond acceptors (Lipinski definition) is 4. The van der Waals surface area contributed by atoms with Crippen molar-refractivity contribution in [3.8, 4) is 11.4 Å². The third kappa shape index (κ3) is 7.40. The Morgan fingerprint density at radius 2 is 0.844 bits per heavy atom. The number of anilines is 6. The first-order chi connectivity index (χ1) is 43.1. The molecule has 0 radical (unpaired) electrons. The highest BCUT2D eigenvalue weighted by Crippen LogP contribution is 2.50. The van der Waals surface area contributed by atoms with Crippen LogP contribution in [0, 0.1) is 13.8 Å². The molecule has 8 heterocycles. The Hall–Kier alpha value is -8.97. The molecule has 5 nitrogen and oxygen atoms in total. The summed E-state index contributed by atoms with van der Waals surface area (Å²) in [5.41, 5.74) is 33.9. The van der Waals surface area contributed by atoms with Crippen LogP contribution in [-0.4, -0.2) is 22.6 Å². The van der Waals surface area contributed by atoms with Gasteiger partial charge in [0.2, 0.25) is 0 Å². The second-order valence-electron chi connectivity index (χ2n) is 30.4. The molecule has 4 aromatic heterocycles. The molecule has 0 aliphatic carbocycles. The number of hydrogen-bond donors (Lipinski definition) is 0. The molecule has 0 bridgehead atoms. The average Bonchev–Trinajstić information content (AvgIpc) is 1.41. The summed E-state index contributed by atoms with van der Waals surface area (Å²) in [6.07, 6.45) is 0.871. The lowest BCUT2D eigenvalue weighted by Gasteiger charge is -2.41. The molecule has 4 aliphatic heterocycles. The van der Waals surface area contributed by atoms with Gasteiger partial charge in [-0.2, -0.15) is 0 Å². The van der Waals surface area contributed by atoms with Gasteiger partial charge in [-0.1, -0.05) is 185 Å². The minimum Gasteiger partial charge on any atom is -0.454 e. The van der Waals surface area contributed by atoms with Gasteiger partial charge in [0, 0.05) is 71.7 Å². The van der Waals surface area contributed by atoms with E-state index in [9.17, 15) is 0 Å². The zero-order chi connectivity index (χ0) is 61.6. The van der Waals surface area contributed by atoms with Crippen LogP contribution in [0.1, 0.15) is 115 Å². The third-order valence-corrected chi connectivity index (χ3v) is 22.3. The molecular formula is C82H72B2N4OS. The normalized spacial score (nSPS) is 14.2. The Labute approximate surface area is 532 Å². The van der Waals surface area contributed by atoms with Crippen molar-refractivity contribution in [3.05, 3.63) is 227 Å². The van der Waals surface area contributed by atoms with Crippen molar-refractivity contribution in [2.24, 2.45) is 0 Å². The summed E-state index contributed by atoms with van der Waals surface area (Å²) < 4.78 is 14.8. The van der Waals surface area contributed by atoms with Gasteiger partial charge >= 0.3 is 0 Å². The van der Waals surface area contributed by atoms with Gasteiger partial charge in [-0.25, -0.2) is 0 Å². The molecule has 0 saturated heterocycles. The van der Waals surface area contributed by atoms with Crippen LogP contribution in [0.25, 0.3) is 75.6 Å². The smallest absolute Gasteiger partial charge is 0.252 e. The standard InChI is InChI=1S/C82H72B2N4OS/c1-46-37-65-70-67(39-46)87-72-56(76-74(87)55-26-14-15-32-69(55)89-76)27-19-30-61(72)83(70)60-36-34-52(44-64(60)86(65)54-25-18-23-50(42-54)80(6,7)8)82(12,13)45-48-21-16-28-58-75-78(90-77(48)58)57-29-20-31-62-73(57)88(75)68-40-47(2)38-66-71(68)84(62)59-35-33-51(81(9,10)11)43-63(59)85(66)53-24-17-22-49(41-53)79(3,4)5/h14-44H,45H2,1-13H3. The van der Waals surface area contributed by atoms with E-state index in [1.807, 2.05) is 11.3 Å². The number of aryl methyl sites for hydroxylation is 2. The lowest BCUT2D eigenvalue weighted by molar-refractivity contribution is 0.525. The van der Waals surface area contributed by atoms with Crippen molar-refractivity contribution in [2.75, 3.05) is 9.80 Å². The number of furan rings is 1. The van der Waals surface area contributed by atoms with E-state index in [-0.39, 0.29) is 35.1 Å². The average molecular weight is 1180 g/mol. The first-order valence-corrected chi connectivity index (χ1v) is 33.2. The fourth-order valence-corrected chi connectivity index (χ4v) is 17.9. The Morgan fingerprint density at radius 3 is 1.43 bits per heavy atom. The van der Waals surface area contributed by atoms with Crippen LogP contribution in [0.5, 0.6) is 0 Å². The lowest BCUT2D eigenvalue weighted by Crippen LogP contribution is -2.60. The lowest BCUT2D eigenvalue weighted by atomic mass is 9.33. The third-order valence-electron chi connectivity index (χ3n) is 21.0. The van der Waals surface area contributed by atoms with Crippen LogP contribution in [0.15, 0.2) is 192 Å². The first-order valence-electron chi connectivity index (χ1n) is 32.4. The number of thiophene rings is 1. The molecule has 438 valence electrons. The molecular weight excluding hydrogens is 1110 g/mol. The highest BCUT2D eigenvalue weighted by Gasteiger charge is 2.46. The second-order valence-corrected chi connectivity index (χ2v) is 31.5. The Bertz CT molecular complexity index is 5510. The molecule has 0 atom stereocenters. The van der Waals surface area contributed by atoms with Crippen molar-refractivity contribution < 1.29 is 4.42 Å². The van der Waals surface area contributed by atoms with Gasteiger partial charge in [-0.15, -0.1) is 11.3 Å². The van der Waals surface area contributed by atoms with E-state index < -0.39 is 0 Å². The number of rotatable bonds is 5. The summed E-state index contributed by atoms with van der Waals surface area (Å²) in [5, 5.41) is 4.97. The van der Waals surface area contributed by atoms with Crippen LogP contribution >= 0.6 is 11.3 Å². The largest absolute Gasteiger partial charge is 0.454 e. The molecule has 0 saturated carbocycles. The summed E-state index contributed by atoms with van der Waals surface area (Å²) in [6, 6.07) is 73.2. The van der Waals surface area contributed by atoms with E-state index in [2.05, 4.69) is 297 Å². The topological polar surface area (TPSA) is 29.5 Å². The summed E-state index contributed by atoms with van der Waals surface area (Å²) in [5.74, 6) is 0. The number of nitrogens with zero attached hydrogens (tertiary/aromatic N) is 4. The van der Waals surface area contributed by atoms with E-state index in [1.165, 1.54) is 154 Å². The van der Waals surface area contributed by atoms with Crippen LogP contribution < -0.4 is 42.6 Å². The maximum Gasteiger partial charge on any atom is 0.252 e. The summed E-state index contributed by atoms with van der Waals surface area (Å²) in [6.45, 7) is 30.6. The van der Waals surface area contributed by atoms with Crippen molar-refractivity contribution in [1.29, 1.82) is 0 Å². The second kappa shape index (κ2) is 18.1. The van der Waals surface area contributed by atoms with Crippen molar-refractivity contribution in [1.82, 2.24) is 9.13 Å². The van der Waals surface area contributed by atoms with Gasteiger partial charge < -0.3 is 23.4 Å². The van der Waals surface area contributed by atoms with Gasteiger partial charge in [0.25, 0.3) is 13.4 Å².